The van der Waals surface area contributed by atoms with Gasteiger partial charge in [0.05, 0.1) is 11.9 Å². The number of carboxylic acid groups (broad SMARTS) is 1. The molecule has 0 radical (unpaired) electrons. The number of aryl methyl sites for hydroxylation is 1. The molecule has 0 saturated carbocycles. The SMILES string of the molecule is CSc1c(CC(=O)O)cc(C)c2c3cccnc3n(Cc3ccccc3)c12. The largest absolute Gasteiger partial charge is 0.481 e. The smallest absolute Gasteiger partial charge is 0.307 e. The van der Waals surface area contributed by atoms with Gasteiger partial charge in [0.1, 0.15) is 5.65 Å². The molecule has 2 aromatic heterocycles. The van der Waals surface area contributed by atoms with Gasteiger partial charge in [-0.3, -0.25) is 4.79 Å². The van der Waals surface area contributed by atoms with Crippen molar-refractivity contribution in [1.29, 1.82) is 0 Å². The van der Waals surface area contributed by atoms with Crippen LogP contribution >= 0.6 is 11.8 Å². The molecule has 4 aromatic rings. The fraction of sp³-hybridized carbons (Fsp3) is 0.182. The molecule has 1 N–H and O–H groups in total. The quantitative estimate of drug-likeness (QED) is 0.504. The van der Waals surface area contributed by atoms with Crippen LogP contribution < -0.4 is 0 Å². The Bertz CT molecular complexity index is 1150. The van der Waals surface area contributed by atoms with E-state index in [1.165, 1.54) is 5.56 Å². The lowest BCUT2D eigenvalue weighted by Gasteiger charge is -2.14. The summed E-state index contributed by atoms with van der Waals surface area (Å²) in [5.74, 6) is -0.812. The number of carboxylic acids is 1. The van der Waals surface area contributed by atoms with Crippen LogP contribution in [0.1, 0.15) is 16.7 Å². The summed E-state index contributed by atoms with van der Waals surface area (Å²) in [7, 11) is 0. The Morgan fingerprint density at radius 1 is 1.19 bits per heavy atom. The number of pyridine rings is 1. The summed E-state index contributed by atoms with van der Waals surface area (Å²) in [5, 5.41) is 11.6. The van der Waals surface area contributed by atoms with Gasteiger partial charge in [0, 0.05) is 28.4 Å². The second kappa shape index (κ2) is 7.08. The highest BCUT2D eigenvalue weighted by atomic mass is 32.2. The molecule has 4 rings (SSSR count). The third kappa shape index (κ3) is 3.08. The molecule has 0 aliphatic heterocycles. The summed E-state index contributed by atoms with van der Waals surface area (Å²) >= 11 is 1.60. The molecule has 0 aliphatic carbocycles. The van der Waals surface area contributed by atoms with Crippen LogP contribution in [-0.4, -0.2) is 26.9 Å². The first-order valence-electron chi connectivity index (χ1n) is 8.79. The fourth-order valence-electron chi connectivity index (χ4n) is 3.80. The fourth-order valence-corrected chi connectivity index (χ4v) is 4.60. The predicted octanol–water partition coefficient (Wildman–Crippen LogP) is 4.90. The first-order valence-corrected chi connectivity index (χ1v) is 10.0. The van der Waals surface area contributed by atoms with E-state index >= 15 is 0 Å². The van der Waals surface area contributed by atoms with Crippen molar-refractivity contribution in [3.05, 3.63) is 71.4 Å². The standard InChI is InChI=1S/C22H20N2O2S/c1-14-11-16(12-18(25)26)21(27-2)20-19(14)17-9-6-10-23-22(17)24(20)13-15-7-4-3-5-8-15/h3-11H,12-13H2,1-2H3,(H,25,26). The van der Waals surface area contributed by atoms with Crippen LogP contribution in [-0.2, 0) is 17.8 Å². The molecular weight excluding hydrogens is 356 g/mol. The normalized spacial score (nSPS) is 11.3. The molecule has 0 bridgehead atoms. The van der Waals surface area contributed by atoms with E-state index in [-0.39, 0.29) is 6.42 Å². The molecule has 0 aliphatic rings. The number of hydrogen-bond acceptors (Lipinski definition) is 3. The lowest BCUT2D eigenvalue weighted by molar-refractivity contribution is -0.136. The highest BCUT2D eigenvalue weighted by Crippen LogP contribution is 2.39. The maximum atomic E-state index is 11.4. The zero-order chi connectivity index (χ0) is 19.0. The van der Waals surface area contributed by atoms with Gasteiger partial charge in [0.25, 0.3) is 0 Å². The van der Waals surface area contributed by atoms with Gasteiger partial charge in [-0.1, -0.05) is 36.4 Å². The van der Waals surface area contributed by atoms with E-state index in [4.69, 9.17) is 0 Å². The van der Waals surface area contributed by atoms with Crippen molar-refractivity contribution in [1.82, 2.24) is 9.55 Å². The number of aliphatic carboxylic acids is 1. The number of thioether (sulfide) groups is 1. The van der Waals surface area contributed by atoms with E-state index in [0.717, 1.165) is 38.0 Å². The Hall–Kier alpha value is -2.79. The maximum Gasteiger partial charge on any atom is 0.307 e. The van der Waals surface area contributed by atoms with Gasteiger partial charge in [0.15, 0.2) is 0 Å². The van der Waals surface area contributed by atoms with Crippen molar-refractivity contribution in [3.63, 3.8) is 0 Å². The molecule has 27 heavy (non-hydrogen) atoms. The van der Waals surface area contributed by atoms with Gasteiger partial charge in [-0.05, 0) is 42.0 Å². The molecular formula is C22H20N2O2S. The van der Waals surface area contributed by atoms with E-state index in [1.54, 1.807) is 11.8 Å². The lowest BCUT2D eigenvalue weighted by atomic mass is 10.0. The van der Waals surface area contributed by atoms with Crippen LogP contribution in [0.5, 0.6) is 0 Å². The third-order valence-electron chi connectivity index (χ3n) is 4.84. The molecule has 2 heterocycles. The number of nitrogens with zero attached hydrogens (tertiary/aromatic N) is 2. The van der Waals surface area contributed by atoms with Crippen molar-refractivity contribution in [2.24, 2.45) is 0 Å². The summed E-state index contributed by atoms with van der Waals surface area (Å²) in [6.07, 6.45) is 3.84. The second-order valence-electron chi connectivity index (χ2n) is 6.63. The minimum absolute atomic E-state index is 0.0211. The summed E-state index contributed by atoms with van der Waals surface area (Å²) in [6, 6.07) is 16.4. The van der Waals surface area contributed by atoms with Crippen molar-refractivity contribution in [2.75, 3.05) is 6.26 Å². The minimum atomic E-state index is -0.812. The zero-order valence-corrected chi connectivity index (χ0v) is 16.1. The molecule has 2 aromatic carbocycles. The molecule has 5 heteroatoms. The molecule has 0 fully saturated rings. The van der Waals surface area contributed by atoms with E-state index < -0.39 is 5.97 Å². The summed E-state index contributed by atoms with van der Waals surface area (Å²) in [5.41, 5.74) is 5.15. The third-order valence-corrected chi connectivity index (χ3v) is 5.70. The molecule has 0 amide bonds. The number of carbonyl (C=O) groups is 1. The van der Waals surface area contributed by atoms with Crippen LogP contribution in [0.25, 0.3) is 21.9 Å². The summed E-state index contributed by atoms with van der Waals surface area (Å²) < 4.78 is 2.23. The molecule has 0 atom stereocenters. The molecule has 136 valence electrons. The van der Waals surface area contributed by atoms with E-state index in [2.05, 4.69) is 34.7 Å². The lowest BCUT2D eigenvalue weighted by Crippen LogP contribution is -2.05. The number of fused-ring (bicyclic) bond motifs is 3. The Balaban J connectivity index is 2.09. The number of hydrogen-bond donors (Lipinski definition) is 1. The topological polar surface area (TPSA) is 55.1 Å². The van der Waals surface area contributed by atoms with Gasteiger partial charge in [0.2, 0.25) is 0 Å². The highest BCUT2D eigenvalue weighted by molar-refractivity contribution is 7.98. The number of aromatic nitrogens is 2. The van der Waals surface area contributed by atoms with Gasteiger partial charge in [-0.25, -0.2) is 4.98 Å². The number of rotatable bonds is 5. The van der Waals surface area contributed by atoms with Crippen molar-refractivity contribution in [3.8, 4) is 0 Å². The van der Waals surface area contributed by atoms with Crippen molar-refractivity contribution in [2.45, 2.75) is 24.8 Å². The summed E-state index contributed by atoms with van der Waals surface area (Å²) in [6.45, 7) is 2.75. The molecule has 4 nitrogen and oxygen atoms in total. The monoisotopic (exact) mass is 376 g/mol. The molecule has 0 unspecified atom stereocenters. The van der Waals surface area contributed by atoms with Crippen LogP contribution in [0.2, 0.25) is 0 Å². The number of benzene rings is 2. The Labute approximate surface area is 161 Å². The van der Waals surface area contributed by atoms with E-state index in [1.807, 2.05) is 42.8 Å². The average molecular weight is 376 g/mol. The highest BCUT2D eigenvalue weighted by Gasteiger charge is 2.20. The van der Waals surface area contributed by atoms with Gasteiger partial charge in [-0.2, -0.15) is 0 Å². The van der Waals surface area contributed by atoms with Gasteiger partial charge in [-0.15, -0.1) is 11.8 Å². The average Bonchev–Trinajstić information content (AvgIpc) is 2.98. The van der Waals surface area contributed by atoms with E-state index in [9.17, 15) is 9.90 Å². The Morgan fingerprint density at radius 2 is 1.96 bits per heavy atom. The van der Waals surface area contributed by atoms with Crippen LogP contribution in [0.3, 0.4) is 0 Å². The zero-order valence-electron chi connectivity index (χ0n) is 15.3. The summed E-state index contributed by atoms with van der Waals surface area (Å²) in [4.78, 5) is 17.1. The Kier molecular flexibility index (Phi) is 4.62. The first kappa shape index (κ1) is 17.6. The second-order valence-corrected chi connectivity index (χ2v) is 7.44. The first-order chi connectivity index (χ1) is 13.1. The van der Waals surface area contributed by atoms with E-state index in [0.29, 0.717) is 6.54 Å². The van der Waals surface area contributed by atoms with Crippen LogP contribution in [0, 0.1) is 6.92 Å². The van der Waals surface area contributed by atoms with Crippen molar-refractivity contribution >= 4 is 39.7 Å². The van der Waals surface area contributed by atoms with Crippen LogP contribution in [0.4, 0.5) is 0 Å². The van der Waals surface area contributed by atoms with Crippen molar-refractivity contribution < 1.29 is 9.90 Å². The van der Waals surface area contributed by atoms with Crippen LogP contribution in [0.15, 0.2) is 59.6 Å². The maximum absolute atomic E-state index is 11.4. The molecule has 0 spiro atoms. The van der Waals surface area contributed by atoms with Gasteiger partial charge < -0.3 is 9.67 Å². The Morgan fingerprint density at radius 3 is 2.67 bits per heavy atom. The van der Waals surface area contributed by atoms with Gasteiger partial charge >= 0.3 is 5.97 Å². The minimum Gasteiger partial charge on any atom is -0.481 e. The molecule has 0 saturated heterocycles. The predicted molar refractivity (Wildman–Crippen MR) is 111 cm³/mol.